The molecule has 1 aliphatic rings. The standard InChI is InChI=1S/C17H18BrNOS/c18-14-9-3-4-10-15(14)21(20)16-11-5-7-12-6-1-2-8-13(12)17(16)19/h1-4,6,8-10,16-17H,5,7,11,19H2. The predicted octanol–water partition coefficient (Wildman–Crippen LogP) is 3.96. The highest BCUT2D eigenvalue weighted by molar-refractivity contribution is 9.10. The largest absolute Gasteiger partial charge is 0.323 e. The van der Waals surface area contributed by atoms with Crippen molar-refractivity contribution in [3.63, 3.8) is 0 Å². The van der Waals surface area contributed by atoms with Crippen molar-refractivity contribution in [3.05, 3.63) is 64.1 Å². The first kappa shape index (κ1) is 14.9. The van der Waals surface area contributed by atoms with Gasteiger partial charge in [-0.1, -0.05) is 36.4 Å². The van der Waals surface area contributed by atoms with Crippen LogP contribution in [0.2, 0.25) is 0 Å². The summed E-state index contributed by atoms with van der Waals surface area (Å²) in [5.41, 5.74) is 8.93. The van der Waals surface area contributed by atoms with Gasteiger partial charge in [0.05, 0.1) is 20.9 Å². The summed E-state index contributed by atoms with van der Waals surface area (Å²) in [5.74, 6) is 0. The lowest BCUT2D eigenvalue weighted by Gasteiger charge is -2.23. The molecule has 1 aliphatic carbocycles. The smallest absolute Gasteiger partial charge is 0.0591 e. The van der Waals surface area contributed by atoms with Gasteiger partial charge in [-0.05, 0) is 58.5 Å². The Morgan fingerprint density at radius 1 is 1.10 bits per heavy atom. The number of benzene rings is 2. The number of halogens is 1. The Morgan fingerprint density at radius 2 is 1.81 bits per heavy atom. The van der Waals surface area contributed by atoms with E-state index < -0.39 is 10.8 Å². The zero-order chi connectivity index (χ0) is 14.8. The predicted molar refractivity (Wildman–Crippen MR) is 90.6 cm³/mol. The third kappa shape index (κ3) is 2.98. The third-order valence-electron chi connectivity index (χ3n) is 4.08. The van der Waals surface area contributed by atoms with Crippen molar-refractivity contribution in [2.24, 2.45) is 5.73 Å². The van der Waals surface area contributed by atoms with Gasteiger partial charge in [-0.2, -0.15) is 0 Å². The van der Waals surface area contributed by atoms with Crippen LogP contribution >= 0.6 is 15.9 Å². The van der Waals surface area contributed by atoms with E-state index in [2.05, 4.69) is 34.1 Å². The minimum atomic E-state index is -1.10. The van der Waals surface area contributed by atoms with E-state index in [1.165, 1.54) is 5.56 Å². The molecule has 3 unspecified atom stereocenters. The van der Waals surface area contributed by atoms with E-state index in [0.717, 1.165) is 34.2 Å². The maximum atomic E-state index is 13.0. The lowest BCUT2D eigenvalue weighted by molar-refractivity contribution is 0.596. The van der Waals surface area contributed by atoms with Crippen LogP contribution in [0.15, 0.2) is 57.9 Å². The summed E-state index contributed by atoms with van der Waals surface area (Å²) in [5, 5.41) is -0.0349. The normalized spacial score (nSPS) is 23.1. The summed E-state index contributed by atoms with van der Waals surface area (Å²) >= 11 is 3.50. The Morgan fingerprint density at radius 3 is 2.62 bits per heavy atom. The number of hydrogen-bond donors (Lipinski definition) is 1. The number of aryl methyl sites for hydroxylation is 1. The van der Waals surface area contributed by atoms with Gasteiger partial charge in [0.15, 0.2) is 0 Å². The molecule has 0 amide bonds. The molecule has 2 nitrogen and oxygen atoms in total. The second-order valence-corrected chi connectivity index (χ2v) is 7.88. The van der Waals surface area contributed by atoms with Crippen LogP contribution in [0.25, 0.3) is 0 Å². The first-order valence-electron chi connectivity index (χ1n) is 7.17. The molecule has 0 saturated heterocycles. The van der Waals surface area contributed by atoms with Crippen LogP contribution in [0.3, 0.4) is 0 Å². The fraction of sp³-hybridized carbons (Fsp3) is 0.294. The van der Waals surface area contributed by atoms with E-state index in [0.29, 0.717) is 0 Å². The minimum Gasteiger partial charge on any atom is -0.323 e. The zero-order valence-corrected chi connectivity index (χ0v) is 14.1. The van der Waals surface area contributed by atoms with Crippen molar-refractivity contribution < 1.29 is 4.21 Å². The molecule has 0 radical (unpaired) electrons. The lowest BCUT2D eigenvalue weighted by atomic mass is 10.00. The van der Waals surface area contributed by atoms with Crippen LogP contribution in [0.1, 0.15) is 30.0 Å². The van der Waals surface area contributed by atoms with Crippen LogP contribution in [-0.2, 0) is 17.2 Å². The molecular formula is C17H18BrNOS. The SMILES string of the molecule is NC1c2ccccc2CCCC1S(=O)c1ccccc1Br. The average Bonchev–Trinajstić information content (AvgIpc) is 2.67. The molecule has 2 N–H and O–H groups in total. The molecule has 0 aromatic heterocycles. The molecule has 0 heterocycles. The number of hydrogen-bond acceptors (Lipinski definition) is 2. The van der Waals surface area contributed by atoms with Gasteiger partial charge in [0.25, 0.3) is 0 Å². The third-order valence-corrected chi connectivity index (χ3v) is 6.90. The Hall–Kier alpha value is -0.970. The second kappa shape index (κ2) is 6.42. The molecule has 0 spiro atoms. The van der Waals surface area contributed by atoms with Gasteiger partial charge in [-0.15, -0.1) is 0 Å². The second-order valence-electron chi connectivity index (χ2n) is 5.38. The maximum absolute atomic E-state index is 13.0. The van der Waals surface area contributed by atoms with Gasteiger partial charge < -0.3 is 5.73 Å². The van der Waals surface area contributed by atoms with Gasteiger partial charge in [-0.25, -0.2) is 0 Å². The highest BCUT2D eigenvalue weighted by Gasteiger charge is 2.30. The van der Waals surface area contributed by atoms with E-state index in [-0.39, 0.29) is 11.3 Å². The highest BCUT2D eigenvalue weighted by atomic mass is 79.9. The van der Waals surface area contributed by atoms with E-state index in [1.807, 2.05) is 30.3 Å². The van der Waals surface area contributed by atoms with Gasteiger partial charge in [0.2, 0.25) is 0 Å². The summed E-state index contributed by atoms with van der Waals surface area (Å²) in [6.07, 6.45) is 2.95. The van der Waals surface area contributed by atoms with Crippen molar-refractivity contribution in [2.75, 3.05) is 0 Å². The van der Waals surface area contributed by atoms with Crippen LogP contribution < -0.4 is 5.73 Å². The topological polar surface area (TPSA) is 43.1 Å². The molecule has 21 heavy (non-hydrogen) atoms. The molecule has 2 aromatic rings. The summed E-state index contributed by atoms with van der Waals surface area (Å²) in [4.78, 5) is 0.845. The Labute approximate surface area is 136 Å². The zero-order valence-electron chi connectivity index (χ0n) is 11.7. The molecule has 4 heteroatoms. The Kier molecular flexibility index (Phi) is 4.57. The minimum absolute atomic E-state index is 0.0349. The summed E-state index contributed by atoms with van der Waals surface area (Å²) in [7, 11) is -1.10. The molecule has 110 valence electrons. The molecule has 0 fully saturated rings. The molecule has 0 saturated carbocycles. The highest BCUT2D eigenvalue weighted by Crippen LogP contribution is 2.33. The first-order valence-corrected chi connectivity index (χ1v) is 9.17. The summed E-state index contributed by atoms with van der Waals surface area (Å²) in [6, 6.07) is 15.8. The van der Waals surface area contributed by atoms with Crippen LogP contribution in [0.5, 0.6) is 0 Å². The van der Waals surface area contributed by atoms with Crippen LogP contribution in [0.4, 0.5) is 0 Å². The van der Waals surface area contributed by atoms with Gasteiger partial charge in [0, 0.05) is 10.5 Å². The van der Waals surface area contributed by atoms with E-state index >= 15 is 0 Å². The van der Waals surface area contributed by atoms with Crippen molar-refractivity contribution in [1.82, 2.24) is 0 Å². The fourth-order valence-corrected chi connectivity index (χ4v) is 5.33. The lowest BCUT2D eigenvalue weighted by Crippen LogP contribution is -2.30. The molecule has 0 aliphatic heterocycles. The van der Waals surface area contributed by atoms with Crippen molar-refractivity contribution in [2.45, 2.75) is 35.4 Å². The Bertz CT molecular complexity index is 673. The Balaban J connectivity index is 1.96. The molecule has 0 bridgehead atoms. The molecule has 3 rings (SSSR count). The maximum Gasteiger partial charge on any atom is 0.0591 e. The van der Waals surface area contributed by atoms with Crippen LogP contribution in [0, 0.1) is 0 Å². The number of fused-ring (bicyclic) bond motifs is 1. The number of nitrogens with two attached hydrogens (primary N) is 1. The van der Waals surface area contributed by atoms with Crippen molar-refractivity contribution >= 4 is 26.7 Å². The monoisotopic (exact) mass is 363 g/mol. The average molecular weight is 364 g/mol. The quantitative estimate of drug-likeness (QED) is 0.820. The van der Waals surface area contributed by atoms with Gasteiger partial charge in [0.1, 0.15) is 0 Å². The summed E-state index contributed by atoms with van der Waals surface area (Å²) < 4.78 is 13.9. The molecule has 2 aromatic carbocycles. The van der Waals surface area contributed by atoms with E-state index in [9.17, 15) is 4.21 Å². The van der Waals surface area contributed by atoms with E-state index in [4.69, 9.17) is 5.73 Å². The van der Waals surface area contributed by atoms with Crippen molar-refractivity contribution in [1.29, 1.82) is 0 Å². The molecule has 3 atom stereocenters. The van der Waals surface area contributed by atoms with Gasteiger partial charge in [-0.3, -0.25) is 4.21 Å². The fourth-order valence-electron chi connectivity index (χ4n) is 2.97. The van der Waals surface area contributed by atoms with Crippen LogP contribution in [-0.4, -0.2) is 9.46 Å². The van der Waals surface area contributed by atoms with Gasteiger partial charge >= 0.3 is 0 Å². The van der Waals surface area contributed by atoms with E-state index in [1.54, 1.807) is 0 Å². The molecular weight excluding hydrogens is 346 g/mol. The number of rotatable bonds is 2. The first-order chi connectivity index (χ1) is 10.2. The summed E-state index contributed by atoms with van der Waals surface area (Å²) in [6.45, 7) is 0. The van der Waals surface area contributed by atoms with Crippen molar-refractivity contribution in [3.8, 4) is 0 Å².